The number of hydrogen-bond acceptors (Lipinski definition) is 3. The van der Waals surface area contributed by atoms with Gasteiger partial charge in [-0.2, -0.15) is 5.10 Å². The first-order valence-corrected chi connectivity index (χ1v) is 6.50. The summed E-state index contributed by atoms with van der Waals surface area (Å²) in [7, 11) is 1.59. The van der Waals surface area contributed by atoms with Crippen LogP contribution in [0.3, 0.4) is 0 Å². The van der Waals surface area contributed by atoms with Gasteiger partial charge >= 0.3 is 0 Å². The van der Waals surface area contributed by atoms with E-state index >= 15 is 0 Å². The summed E-state index contributed by atoms with van der Waals surface area (Å²) >= 11 is 6.11. The maximum atomic E-state index is 10.6. The van der Waals surface area contributed by atoms with E-state index in [1.807, 2.05) is 32.0 Å². The molecular weight excluding hydrogens is 264 g/mol. The second-order valence-electron chi connectivity index (χ2n) is 4.34. The molecule has 2 aromatic rings. The molecule has 102 valence electrons. The number of halogens is 1. The van der Waals surface area contributed by atoms with Crippen LogP contribution < -0.4 is 4.74 Å². The lowest BCUT2D eigenvalue weighted by Crippen LogP contribution is -2.10. The molecule has 0 aliphatic carbocycles. The molecule has 19 heavy (non-hydrogen) atoms. The van der Waals surface area contributed by atoms with Gasteiger partial charge in [-0.25, -0.2) is 0 Å². The fraction of sp³-hybridized carbons (Fsp3) is 0.357. The fourth-order valence-electron chi connectivity index (χ4n) is 2.09. The van der Waals surface area contributed by atoms with E-state index in [9.17, 15) is 5.11 Å². The maximum Gasteiger partial charge on any atom is 0.126 e. The fourth-order valence-corrected chi connectivity index (χ4v) is 2.33. The molecule has 1 aromatic carbocycles. The van der Waals surface area contributed by atoms with Crippen molar-refractivity contribution in [2.24, 2.45) is 0 Å². The first-order chi connectivity index (χ1) is 9.08. The lowest BCUT2D eigenvalue weighted by Gasteiger charge is -2.17. The van der Waals surface area contributed by atoms with Crippen LogP contribution in [0.15, 0.2) is 24.4 Å². The van der Waals surface area contributed by atoms with Crippen LogP contribution in [0.25, 0.3) is 0 Å². The molecular formula is C14H17ClN2O2. The summed E-state index contributed by atoms with van der Waals surface area (Å²) in [5.41, 5.74) is 2.35. The van der Waals surface area contributed by atoms with Crippen LogP contribution in [0.1, 0.15) is 29.8 Å². The Morgan fingerprint density at radius 1 is 1.47 bits per heavy atom. The summed E-state index contributed by atoms with van der Waals surface area (Å²) in [6.45, 7) is 4.57. The van der Waals surface area contributed by atoms with Crippen molar-refractivity contribution in [2.75, 3.05) is 7.11 Å². The van der Waals surface area contributed by atoms with Gasteiger partial charge in [-0.1, -0.05) is 23.7 Å². The number of aromatic nitrogens is 2. The predicted molar refractivity (Wildman–Crippen MR) is 74.7 cm³/mol. The average Bonchev–Trinajstić information content (AvgIpc) is 2.78. The molecule has 4 nitrogen and oxygen atoms in total. The topological polar surface area (TPSA) is 47.3 Å². The molecule has 0 bridgehead atoms. The van der Waals surface area contributed by atoms with E-state index in [2.05, 4.69) is 5.10 Å². The van der Waals surface area contributed by atoms with E-state index in [4.69, 9.17) is 16.3 Å². The van der Waals surface area contributed by atoms with E-state index in [-0.39, 0.29) is 0 Å². The Kier molecular flexibility index (Phi) is 4.12. The van der Waals surface area contributed by atoms with Crippen LogP contribution in [0.4, 0.5) is 0 Å². The summed E-state index contributed by atoms with van der Waals surface area (Å²) in [5.74, 6) is 0.646. The molecule has 0 radical (unpaired) electrons. The Morgan fingerprint density at radius 3 is 2.84 bits per heavy atom. The highest BCUT2D eigenvalue weighted by Gasteiger charge is 2.22. The predicted octanol–water partition coefficient (Wildman–Crippen LogP) is 2.96. The van der Waals surface area contributed by atoms with E-state index in [1.54, 1.807) is 18.0 Å². The summed E-state index contributed by atoms with van der Waals surface area (Å²) in [6, 6.07) is 5.67. The van der Waals surface area contributed by atoms with Crippen molar-refractivity contribution in [3.63, 3.8) is 0 Å². The molecule has 1 heterocycles. The van der Waals surface area contributed by atoms with Gasteiger partial charge in [-0.3, -0.25) is 4.68 Å². The third-order valence-corrected chi connectivity index (χ3v) is 3.37. The largest absolute Gasteiger partial charge is 0.496 e. The van der Waals surface area contributed by atoms with Crippen molar-refractivity contribution < 1.29 is 9.84 Å². The molecule has 5 heteroatoms. The Bertz CT molecular complexity index is 581. The van der Waals surface area contributed by atoms with Gasteiger partial charge in [0, 0.05) is 12.1 Å². The van der Waals surface area contributed by atoms with E-state index in [0.717, 1.165) is 5.56 Å². The number of aliphatic hydroxyl groups excluding tert-OH is 1. The Morgan fingerprint density at radius 2 is 2.21 bits per heavy atom. The van der Waals surface area contributed by atoms with Gasteiger partial charge in [0.15, 0.2) is 0 Å². The van der Waals surface area contributed by atoms with Crippen molar-refractivity contribution in [2.45, 2.75) is 26.5 Å². The first kappa shape index (κ1) is 13.9. The molecule has 1 unspecified atom stereocenters. The van der Waals surface area contributed by atoms with E-state index in [1.165, 1.54) is 0 Å². The number of methoxy groups -OCH3 is 1. The summed E-state index contributed by atoms with van der Waals surface area (Å²) in [5, 5.41) is 15.1. The zero-order valence-corrected chi connectivity index (χ0v) is 12.0. The van der Waals surface area contributed by atoms with Crippen LogP contribution in [0.2, 0.25) is 5.02 Å². The lowest BCUT2D eigenvalue weighted by molar-refractivity contribution is 0.203. The van der Waals surface area contributed by atoms with Crippen molar-refractivity contribution in [3.8, 4) is 5.75 Å². The standard InChI is InChI=1S/C14H17ClN2O2/c1-4-17-13(11(15)8-16-17)14(18)10-6-5-9(2)7-12(10)19-3/h5-8,14,18H,4H2,1-3H3. The van der Waals surface area contributed by atoms with Crippen molar-refractivity contribution in [1.29, 1.82) is 0 Å². The van der Waals surface area contributed by atoms with Gasteiger partial charge in [-0.05, 0) is 25.5 Å². The Hall–Kier alpha value is -1.52. The highest BCUT2D eigenvalue weighted by Crippen LogP contribution is 2.33. The number of aliphatic hydroxyl groups is 1. The third kappa shape index (κ3) is 2.60. The van der Waals surface area contributed by atoms with Crippen molar-refractivity contribution >= 4 is 11.6 Å². The minimum atomic E-state index is -0.856. The first-order valence-electron chi connectivity index (χ1n) is 6.12. The highest BCUT2D eigenvalue weighted by atomic mass is 35.5. The Balaban J connectivity index is 2.49. The van der Waals surface area contributed by atoms with Gasteiger partial charge in [0.25, 0.3) is 0 Å². The van der Waals surface area contributed by atoms with E-state index in [0.29, 0.717) is 28.6 Å². The zero-order chi connectivity index (χ0) is 14.0. The highest BCUT2D eigenvalue weighted by molar-refractivity contribution is 6.31. The SMILES string of the molecule is CCn1ncc(Cl)c1C(O)c1ccc(C)cc1OC. The van der Waals surface area contributed by atoms with Crippen LogP contribution in [-0.4, -0.2) is 22.0 Å². The second kappa shape index (κ2) is 5.63. The number of rotatable bonds is 4. The van der Waals surface area contributed by atoms with Gasteiger partial charge in [0.1, 0.15) is 11.9 Å². The molecule has 0 aliphatic rings. The lowest BCUT2D eigenvalue weighted by atomic mass is 10.0. The van der Waals surface area contributed by atoms with Gasteiger partial charge in [0.05, 0.1) is 24.0 Å². The van der Waals surface area contributed by atoms with Gasteiger partial charge < -0.3 is 9.84 Å². The average molecular weight is 281 g/mol. The van der Waals surface area contributed by atoms with Crippen molar-refractivity contribution in [3.05, 3.63) is 46.2 Å². The molecule has 0 saturated carbocycles. The second-order valence-corrected chi connectivity index (χ2v) is 4.75. The van der Waals surface area contributed by atoms with Crippen LogP contribution in [0, 0.1) is 6.92 Å². The third-order valence-electron chi connectivity index (χ3n) is 3.08. The number of benzene rings is 1. The van der Waals surface area contributed by atoms with E-state index < -0.39 is 6.10 Å². The Labute approximate surface area is 117 Å². The molecule has 0 fully saturated rings. The summed E-state index contributed by atoms with van der Waals surface area (Å²) in [6.07, 6.45) is 0.690. The normalized spacial score (nSPS) is 12.5. The maximum absolute atomic E-state index is 10.6. The molecule has 0 spiro atoms. The van der Waals surface area contributed by atoms with Crippen LogP contribution in [0.5, 0.6) is 5.75 Å². The molecule has 1 atom stereocenters. The monoisotopic (exact) mass is 280 g/mol. The number of ether oxygens (including phenoxy) is 1. The number of nitrogens with zero attached hydrogens (tertiary/aromatic N) is 2. The molecule has 1 aromatic heterocycles. The quantitative estimate of drug-likeness (QED) is 0.937. The summed E-state index contributed by atoms with van der Waals surface area (Å²) in [4.78, 5) is 0. The molecule has 0 aliphatic heterocycles. The van der Waals surface area contributed by atoms with Gasteiger partial charge in [-0.15, -0.1) is 0 Å². The molecule has 0 amide bonds. The van der Waals surface area contributed by atoms with Crippen LogP contribution >= 0.6 is 11.6 Å². The number of aryl methyl sites for hydroxylation is 2. The minimum absolute atomic E-state index is 0.456. The molecule has 0 saturated heterocycles. The number of hydrogen-bond donors (Lipinski definition) is 1. The van der Waals surface area contributed by atoms with Crippen LogP contribution in [-0.2, 0) is 6.54 Å². The molecule has 2 rings (SSSR count). The zero-order valence-electron chi connectivity index (χ0n) is 11.2. The summed E-state index contributed by atoms with van der Waals surface area (Å²) < 4.78 is 7.01. The smallest absolute Gasteiger partial charge is 0.126 e. The molecule has 1 N–H and O–H groups in total. The van der Waals surface area contributed by atoms with Crippen molar-refractivity contribution in [1.82, 2.24) is 9.78 Å². The van der Waals surface area contributed by atoms with Gasteiger partial charge in [0.2, 0.25) is 0 Å². The minimum Gasteiger partial charge on any atom is -0.496 e.